The van der Waals surface area contributed by atoms with Gasteiger partial charge < -0.3 is 15.3 Å². The molecule has 0 saturated heterocycles. The third-order valence-corrected chi connectivity index (χ3v) is 7.88. The SMILES string of the molecule is Cc1ccc(S(=O)(=O)C(=Cc2c[nH]c3ccccc23)C(=O)NCCc2c[nH]c3ccccc23)cc1. The molecule has 6 nitrogen and oxygen atoms in total. The molecule has 0 atom stereocenters. The molecule has 176 valence electrons. The summed E-state index contributed by atoms with van der Waals surface area (Å²) in [6.07, 6.45) is 5.66. The zero-order valence-electron chi connectivity index (χ0n) is 19.2. The van der Waals surface area contributed by atoms with Gasteiger partial charge in [0.1, 0.15) is 4.91 Å². The van der Waals surface area contributed by atoms with Crippen LogP contribution in [0.15, 0.2) is 95.0 Å². The first kappa shape index (κ1) is 22.7. The van der Waals surface area contributed by atoms with E-state index < -0.39 is 15.7 Å². The second-order valence-corrected chi connectivity index (χ2v) is 10.4. The Balaban J connectivity index is 1.46. The Labute approximate surface area is 203 Å². The van der Waals surface area contributed by atoms with Crippen LogP contribution in [0.4, 0.5) is 0 Å². The van der Waals surface area contributed by atoms with Crippen molar-refractivity contribution in [1.29, 1.82) is 0 Å². The fourth-order valence-corrected chi connectivity index (χ4v) is 5.55. The number of sulfone groups is 1. The number of fused-ring (bicyclic) bond motifs is 2. The van der Waals surface area contributed by atoms with Gasteiger partial charge in [-0.25, -0.2) is 8.42 Å². The summed E-state index contributed by atoms with van der Waals surface area (Å²) >= 11 is 0. The van der Waals surface area contributed by atoms with Gasteiger partial charge in [0, 0.05) is 46.3 Å². The maximum atomic E-state index is 13.6. The number of H-pyrrole nitrogens is 2. The molecule has 0 aliphatic carbocycles. The van der Waals surface area contributed by atoms with E-state index in [0.717, 1.165) is 32.9 Å². The van der Waals surface area contributed by atoms with Crippen molar-refractivity contribution >= 4 is 43.6 Å². The zero-order chi connectivity index (χ0) is 24.4. The highest BCUT2D eigenvalue weighted by Crippen LogP contribution is 2.26. The number of benzene rings is 3. The highest BCUT2D eigenvalue weighted by molar-refractivity contribution is 7.96. The molecule has 0 spiro atoms. The normalized spacial score (nSPS) is 12.3. The predicted molar refractivity (Wildman–Crippen MR) is 140 cm³/mol. The number of hydrogen-bond acceptors (Lipinski definition) is 3. The lowest BCUT2D eigenvalue weighted by molar-refractivity contribution is -0.116. The van der Waals surface area contributed by atoms with E-state index >= 15 is 0 Å². The maximum Gasteiger partial charge on any atom is 0.263 e. The minimum Gasteiger partial charge on any atom is -0.361 e. The molecular formula is C28H25N3O3S. The number of para-hydroxylation sites is 2. The van der Waals surface area contributed by atoms with Crippen LogP contribution in [0.5, 0.6) is 0 Å². The van der Waals surface area contributed by atoms with Crippen LogP contribution in [0.25, 0.3) is 27.9 Å². The molecule has 0 bridgehead atoms. The third-order valence-electron chi connectivity index (χ3n) is 6.11. The lowest BCUT2D eigenvalue weighted by Crippen LogP contribution is -2.30. The largest absolute Gasteiger partial charge is 0.361 e. The first-order chi connectivity index (χ1) is 16.9. The van der Waals surface area contributed by atoms with Crippen molar-refractivity contribution in [2.24, 2.45) is 0 Å². The summed E-state index contributed by atoms with van der Waals surface area (Å²) in [4.78, 5) is 19.5. The second-order valence-electron chi connectivity index (χ2n) is 8.48. The molecule has 7 heteroatoms. The molecule has 0 aliphatic rings. The number of aromatic amines is 2. The lowest BCUT2D eigenvalue weighted by Gasteiger charge is -2.11. The number of rotatable bonds is 7. The Hall–Kier alpha value is -4.10. The first-order valence-electron chi connectivity index (χ1n) is 11.4. The molecule has 5 rings (SSSR count). The standard InChI is InChI=1S/C28H25N3O3S/c1-19-10-12-22(13-11-19)35(33,34)27(16-21-18-31-26-9-5-3-7-24(21)26)28(32)29-15-14-20-17-30-25-8-4-2-6-23(20)25/h2-13,16-18,30-31H,14-15H2,1H3,(H,29,32). The Kier molecular flexibility index (Phi) is 6.01. The highest BCUT2D eigenvalue weighted by Gasteiger charge is 2.27. The number of carbonyl (C=O) groups is 1. The van der Waals surface area contributed by atoms with Gasteiger partial charge in [-0.15, -0.1) is 0 Å². The van der Waals surface area contributed by atoms with Crippen LogP contribution in [0, 0.1) is 6.92 Å². The van der Waals surface area contributed by atoms with Gasteiger partial charge in [0.05, 0.1) is 4.90 Å². The van der Waals surface area contributed by atoms with Crippen molar-refractivity contribution < 1.29 is 13.2 Å². The maximum absolute atomic E-state index is 13.6. The van der Waals surface area contributed by atoms with Crippen LogP contribution in [0.2, 0.25) is 0 Å². The Morgan fingerprint density at radius 3 is 2.23 bits per heavy atom. The average molecular weight is 484 g/mol. The summed E-state index contributed by atoms with van der Waals surface area (Å²) in [5.41, 5.74) is 4.53. The molecule has 0 fully saturated rings. The monoisotopic (exact) mass is 483 g/mol. The van der Waals surface area contributed by atoms with Gasteiger partial charge in [0.25, 0.3) is 5.91 Å². The van der Waals surface area contributed by atoms with Crippen molar-refractivity contribution in [2.75, 3.05) is 6.54 Å². The summed E-state index contributed by atoms with van der Waals surface area (Å²) in [6.45, 7) is 2.19. The van der Waals surface area contributed by atoms with E-state index in [2.05, 4.69) is 15.3 Å². The fraction of sp³-hybridized carbons (Fsp3) is 0.107. The number of hydrogen-bond donors (Lipinski definition) is 3. The molecule has 3 aromatic carbocycles. The topological polar surface area (TPSA) is 94.8 Å². The van der Waals surface area contributed by atoms with Gasteiger partial charge in [-0.05, 0) is 49.2 Å². The van der Waals surface area contributed by atoms with E-state index in [1.165, 1.54) is 18.2 Å². The van der Waals surface area contributed by atoms with E-state index in [1.807, 2.05) is 61.7 Å². The molecule has 0 saturated carbocycles. The summed E-state index contributed by atoms with van der Waals surface area (Å²) in [5, 5.41) is 4.75. The van der Waals surface area contributed by atoms with Crippen LogP contribution in [0.1, 0.15) is 16.7 Å². The lowest BCUT2D eigenvalue weighted by atomic mass is 10.1. The van der Waals surface area contributed by atoms with Gasteiger partial charge in [-0.1, -0.05) is 54.1 Å². The summed E-state index contributed by atoms with van der Waals surface area (Å²) in [7, 11) is -4.05. The number of carbonyl (C=O) groups excluding carboxylic acids is 1. The van der Waals surface area contributed by atoms with Crippen molar-refractivity contribution in [1.82, 2.24) is 15.3 Å². The van der Waals surface area contributed by atoms with Gasteiger partial charge in [0.2, 0.25) is 9.84 Å². The van der Waals surface area contributed by atoms with Gasteiger partial charge in [0.15, 0.2) is 0 Å². The molecule has 2 aromatic heterocycles. The van der Waals surface area contributed by atoms with Crippen LogP contribution >= 0.6 is 0 Å². The van der Waals surface area contributed by atoms with E-state index in [0.29, 0.717) is 18.5 Å². The molecule has 0 unspecified atom stereocenters. The van der Waals surface area contributed by atoms with Crippen molar-refractivity contribution in [3.63, 3.8) is 0 Å². The van der Waals surface area contributed by atoms with E-state index in [4.69, 9.17) is 0 Å². The van der Waals surface area contributed by atoms with Gasteiger partial charge >= 0.3 is 0 Å². The number of aromatic nitrogens is 2. The Morgan fingerprint density at radius 1 is 0.857 bits per heavy atom. The zero-order valence-corrected chi connectivity index (χ0v) is 20.0. The van der Waals surface area contributed by atoms with Crippen molar-refractivity contribution in [2.45, 2.75) is 18.2 Å². The molecule has 35 heavy (non-hydrogen) atoms. The highest BCUT2D eigenvalue weighted by atomic mass is 32.2. The van der Waals surface area contributed by atoms with E-state index in [9.17, 15) is 13.2 Å². The number of nitrogens with one attached hydrogen (secondary N) is 3. The van der Waals surface area contributed by atoms with Crippen LogP contribution in [-0.2, 0) is 21.1 Å². The van der Waals surface area contributed by atoms with Gasteiger partial charge in [-0.3, -0.25) is 4.79 Å². The quantitative estimate of drug-likeness (QED) is 0.280. The van der Waals surface area contributed by atoms with Crippen LogP contribution in [-0.4, -0.2) is 30.8 Å². The van der Waals surface area contributed by atoms with E-state index in [1.54, 1.807) is 18.3 Å². The molecule has 3 N–H and O–H groups in total. The summed E-state index contributed by atoms with van der Waals surface area (Å²) < 4.78 is 27.1. The summed E-state index contributed by atoms with van der Waals surface area (Å²) in [6, 6.07) is 22.0. The minimum atomic E-state index is -4.05. The van der Waals surface area contributed by atoms with Crippen molar-refractivity contribution in [3.05, 3.63) is 107 Å². The summed E-state index contributed by atoms with van der Waals surface area (Å²) in [5.74, 6) is -0.629. The molecule has 0 aliphatic heterocycles. The number of amides is 1. The molecule has 5 aromatic rings. The predicted octanol–water partition coefficient (Wildman–Crippen LogP) is 5.13. The Bertz CT molecular complexity index is 1660. The Morgan fingerprint density at radius 2 is 1.49 bits per heavy atom. The smallest absolute Gasteiger partial charge is 0.263 e. The van der Waals surface area contributed by atoms with Crippen LogP contribution in [0.3, 0.4) is 0 Å². The van der Waals surface area contributed by atoms with Crippen LogP contribution < -0.4 is 5.32 Å². The first-order valence-corrected chi connectivity index (χ1v) is 12.8. The second kappa shape index (κ2) is 9.27. The molecule has 0 radical (unpaired) electrons. The van der Waals surface area contributed by atoms with Gasteiger partial charge in [-0.2, -0.15) is 0 Å². The average Bonchev–Trinajstić information content (AvgIpc) is 3.47. The molecule has 1 amide bonds. The van der Waals surface area contributed by atoms with E-state index in [-0.39, 0.29) is 9.80 Å². The molecule has 2 heterocycles. The minimum absolute atomic E-state index is 0.0842. The number of aryl methyl sites for hydroxylation is 1. The molecular weight excluding hydrogens is 458 g/mol. The van der Waals surface area contributed by atoms with Crippen molar-refractivity contribution in [3.8, 4) is 0 Å². The third kappa shape index (κ3) is 4.50. The fourth-order valence-electron chi connectivity index (χ4n) is 4.20.